The molecule has 6 nitrogen and oxygen atoms in total. The molecule has 0 amide bonds. The quantitative estimate of drug-likeness (QED) is 0.335. The Balaban J connectivity index is 2.29. The van der Waals surface area contributed by atoms with Crippen molar-refractivity contribution in [3.63, 3.8) is 0 Å². The van der Waals surface area contributed by atoms with Gasteiger partial charge in [-0.3, -0.25) is 19.7 Å². The molecular formula is C11H9NO5. The average molecular weight is 235 g/mol. The van der Waals surface area contributed by atoms with Gasteiger partial charge in [0.2, 0.25) is 5.78 Å². The molecule has 1 aliphatic heterocycles. The Kier molecular flexibility index (Phi) is 2.97. The summed E-state index contributed by atoms with van der Waals surface area (Å²) >= 11 is 0. The Hall–Kier alpha value is -2.08. The molecular weight excluding hydrogens is 226 g/mol. The van der Waals surface area contributed by atoms with E-state index >= 15 is 0 Å². The van der Waals surface area contributed by atoms with Crippen molar-refractivity contribution in [2.45, 2.75) is 19.1 Å². The largest absolute Gasteiger partial charge is 0.365 e. The highest BCUT2D eigenvalue weighted by atomic mass is 16.6. The Morgan fingerprint density at radius 2 is 2.24 bits per heavy atom. The smallest absolute Gasteiger partial charge is 0.269 e. The molecule has 0 radical (unpaired) electrons. The van der Waals surface area contributed by atoms with Crippen LogP contribution in [0.25, 0.3) is 0 Å². The second kappa shape index (κ2) is 4.42. The van der Waals surface area contributed by atoms with Gasteiger partial charge in [0.15, 0.2) is 6.29 Å². The molecule has 1 heterocycles. The fraction of sp³-hybridized carbons (Fsp3) is 0.273. The van der Waals surface area contributed by atoms with Crippen LogP contribution in [0.4, 0.5) is 5.69 Å². The van der Waals surface area contributed by atoms with Gasteiger partial charge in [-0.05, 0) is 17.2 Å². The van der Waals surface area contributed by atoms with E-state index in [9.17, 15) is 19.7 Å². The number of hydrogen-bond acceptors (Lipinski definition) is 5. The van der Waals surface area contributed by atoms with Gasteiger partial charge in [-0.1, -0.05) is 0 Å². The third-order valence-corrected chi connectivity index (χ3v) is 2.68. The van der Waals surface area contributed by atoms with E-state index in [0.29, 0.717) is 5.56 Å². The molecule has 0 aliphatic carbocycles. The van der Waals surface area contributed by atoms with E-state index < -0.39 is 16.8 Å². The standard InChI is InChI=1S/C11H9NO5/c13-5-10(14)11-4-8-3-9(12(15)16)2-1-7(8)6-17-11/h1-3,5,11H,4,6H2. The number of carbonyl (C=O) groups is 2. The van der Waals surface area contributed by atoms with E-state index in [1.54, 1.807) is 6.07 Å². The molecule has 1 aliphatic rings. The molecule has 1 atom stereocenters. The lowest BCUT2D eigenvalue weighted by Crippen LogP contribution is -2.31. The molecule has 6 heteroatoms. The van der Waals surface area contributed by atoms with Crippen LogP contribution in [-0.2, 0) is 27.4 Å². The molecule has 17 heavy (non-hydrogen) atoms. The second-order valence-electron chi connectivity index (χ2n) is 3.73. The molecule has 0 aromatic heterocycles. The van der Waals surface area contributed by atoms with Crippen LogP contribution in [0.2, 0.25) is 0 Å². The monoisotopic (exact) mass is 235 g/mol. The van der Waals surface area contributed by atoms with Crippen LogP contribution >= 0.6 is 0 Å². The molecule has 1 unspecified atom stereocenters. The summed E-state index contributed by atoms with van der Waals surface area (Å²) in [5.74, 6) is -0.637. The number of fused-ring (bicyclic) bond motifs is 1. The van der Waals surface area contributed by atoms with Gasteiger partial charge in [0.1, 0.15) is 6.10 Å². The van der Waals surface area contributed by atoms with Gasteiger partial charge in [0.25, 0.3) is 5.69 Å². The molecule has 1 aromatic carbocycles. The van der Waals surface area contributed by atoms with Crippen molar-refractivity contribution in [3.8, 4) is 0 Å². The van der Waals surface area contributed by atoms with Crippen LogP contribution in [-0.4, -0.2) is 23.1 Å². The number of benzene rings is 1. The number of nitrogens with zero attached hydrogens (tertiary/aromatic N) is 1. The van der Waals surface area contributed by atoms with Gasteiger partial charge in [-0.15, -0.1) is 0 Å². The number of non-ortho nitro benzene ring substituents is 1. The minimum Gasteiger partial charge on any atom is -0.365 e. The highest BCUT2D eigenvalue weighted by Gasteiger charge is 2.26. The number of hydrogen-bond donors (Lipinski definition) is 0. The van der Waals surface area contributed by atoms with Crippen LogP contribution in [0.15, 0.2) is 18.2 Å². The van der Waals surface area contributed by atoms with Crippen molar-refractivity contribution >= 4 is 17.8 Å². The predicted molar refractivity (Wildman–Crippen MR) is 56.4 cm³/mol. The maximum Gasteiger partial charge on any atom is 0.269 e. The van der Waals surface area contributed by atoms with Crippen LogP contribution in [0.3, 0.4) is 0 Å². The Morgan fingerprint density at radius 3 is 2.88 bits per heavy atom. The van der Waals surface area contributed by atoms with Crippen LogP contribution < -0.4 is 0 Å². The summed E-state index contributed by atoms with van der Waals surface area (Å²) in [4.78, 5) is 31.6. The van der Waals surface area contributed by atoms with Gasteiger partial charge in [-0.25, -0.2) is 0 Å². The fourth-order valence-electron chi connectivity index (χ4n) is 1.76. The summed E-state index contributed by atoms with van der Waals surface area (Å²) in [6, 6.07) is 4.42. The van der Waals surface area contributed by atoms with Crippen molar-refractivity contribution in [2.75, 3.05) is 0 Å². The molecule has 0 N–H and O–H groups in total. The summed E-state index contributed by atoms with van der Waals surface area (Å²) in [5.41, 5.74) is 1.47. The lowest BCUT2D eigenvalue weighted by Gasteiger charge is -2.22. The Morgan fingerprint density at radius 1 is 1.47 bits per heavy atom. The SMILES string of the molecule is O=CC(=O)C1Cc2cc([N+](=O)[O-])ccc2CO1. The summed E-state index contributed by atoms with van der Waals surface area (Å²) in [7, 11) is 0. The fourth-order valence-corrected chi connectivity index (χ4v) is 1.76. The topological polar surface area (TPSA) is 86.5 Å². The van der Waals surface area contributed by atoms with E-state index in [1.807, 2.05) is 0 Å². The molecule has 88 valence electrons. The molecule has 0 saturated heterocycles. The zero-order valence-electron chi connectivity index (χ0n) is 8.79. The lowest BCUT2D eigenvalue weighted by molar-refractivity contribution is -0.385. The normalized spacial score (nSPS) is 18.2. The first-order valence-corrected chi connectivity index (χ1v) is 4.98. The van der Waals surface area contributed by atoms with Gasteiger partial charge in [0, 0.05) is 18.6 Å². The van der Waals surface area contributed by atoms with Gasteiger partial charge in [0.05, 0.1) is 11.5 Å². The average Bonchev–Trinajstić information content (AvgIpc) is 2.36. The van der Waals surface area contributed by atoms with E-state index in [4.69, 9.17) is 4.74 Å². The zero-order chi connectivity index (χ0) is 12.4. The van der Waals surface area contributed by atoms with E-state index in [1.165, 1.54) is 12.1 Å². The van der Waals surface area contributed by atoms with Crippen molar-refractivity contribution < 1.29 is 19.2 Å². The van der Waals surface area contributed by atoms with E-state index in [2.05, 4.69) is 0 Å². The first-order valence-electron chi connectivity index (χ1n) is 4.98. The zero-order valence-corrected chi connectivity index (χ0v) is 8.79. The number of nitro benzene ring substituents is 1. The molecule has 1 aromatic rings. The molecule has 2 rings (SSSR count). The maximum absolute atomic E-state index is 11.2. The highest BCUT2D eigenvalue weighted by Crippen LogP contribution is 2.25. The van der Waals surface area contributed by atoms with Gasteiger partial charge < -0.3 is 4.74 Å². The first-order chi connectivity index (χ1) is 8.11. The number of ether oxygens (including phenoxy) is 1. The number of rotatable bonds is 3. The minimum atomic E-state index is -0.818. The van der Waals surface area contributed by atoms with Crippen molar-refractivity contribution in [3.05, 3.63) is 39.4 Å². The van der Waals surface area contributed by atoms with Crippen LogP contribution in [0, 0.1) is 10.1 Å². The van der Waals surface area contributed by atoms with Crippen LogP contribution in [0.5, 0.6) is 0 Å². The third-order valence-electron chi connectivity index (χ3n) is 2.68. The van der Waals surface area contributed by atoms with Gasteiger partial charge >= 0.3 is 0 Å². The predicted octanol–water partition coefficient (Wildman–Crippen LogP) is 0.804. The molecule has 0 saturated carbocycles. The van der Waals surface area contributed by atoms with Crippen molar-refractivity contribution in [1.29, 1.82) is 0 Å². The summed E-state index contributed by atoms with van der Waals surface area (Å²) < 4.78 is 5.21. The molecule has 0 spiro atoms. The maximum atomic E-state index is 11.2. The van der Waals surface area contributed by atoms with Crippen molar-refractivity contribution in [2.24, 2.45) is 0 Å². The number of nitro groups is 1. The summed E-state index contributed by atoms with van der Waals surface area (Å²) in [5, 5.41) is 10.6. The van der Waals surface area contributed by atoms with Crippen LogP contribution in [0.1, 0.15) is 11.1 Å². The minimum absolute atomic E-state index is 0.0250. The van der Waals surface area contributed by atoms with Gasteiger partial charge in [-0.2, -0.15) is 0 Å². The van der Waals surface area contributed by atoms with E-state index in [-0.39, 0.29) is 25.0 Å². The lowest BCUT2D eigenvalue weighted by atomic mass is 9.97. The number of carbonyl (C=O) groups excluding carboxylic acids is 2. The summed E-state index contributed by atoms with van der Waals surface area (Å²) in [6.07, 6.45) is -0.399. The Labute approximate surface area is 96.3 Å². The Bertz CT molecular complexity index is 497. The number of Topliss-reactive ketones (excluding diaryl/α,β-unsaturated/α-hetero) is 1. The number of ketones is 1. The molecule has 0 bridgehead atoms. The number of aldehydes is 1. The third kappa shape index (κ3) is 2.21. The van der Waals surface area contributed by atoms with Crippen molar-refractivity contribution in [1.82, 2.24) is 0 Å². The summed E-state index contributed by atoms with van der Waals surface area (Å²) in [6.45, 7) is 0.192. The highest BCUT2D eigenvalue weighted by molar-refractivity contribution is 6.27. The second-order valence-corrected chi connectivity index (χ2v) is 3.73. The van der Waals surface area contributed by atoms with E-state index in [0.717, 1.165) is 5.56 Å². The molecule has 0 fully saturated rings. The first kappa shape index (κ1) is 11.4.